The third kappa shape index (κ3) is 2.23. The highest BCUT2D eigenvalue weighted by Crippen LogP contribution is 2.33. The van der Waals surface area contributed by atoms with Crippen molar-refractivity contribution >= 4 is 10.9 Å². The highest BCUT2D eigenvalue weighted by atomic mass is 16.5. The molecule has 0 bridgehead atoms. The molecule has 0 atom stereocenters. The maximum atomic E-state index is 12.2. The minimum Gasteiger partial charge on any atom is -0.504 e. The van der Waals surface area contributed by atoms with Crippen LogP contribution >= 0.6 is 0 Å². The molecule has 19 heavy (non-hydrogen) atoms. The number of hydrogen-bond donors (Lipinski definition) is 1. The fourth-order valence-corrected chi connectivity index (χ4v) is 1.94. The lowest BCUT2D eigenvalue weighted by molar-refractivity contribution is 0.228. The van der Waals surface area contributed by atoms with Crippen LogP contribution in [-0.2, 0) is 7.05 Å². The largest absolute Gasteiger partial charge is 0.504 e. The van der Waals surface area contributed by atoms with Crippen LogP contribution in [0.2, 0.25) is 0 Å². The number of ether oxygens (including phenoxy) is 2. The molecule has 102 valence electrons. The molecule has 1 N–H and O–H groups in total. The van der Waals surface area contributed by atoms with E-state index in [0.717, 1.165) is 0 Å². The zero-order valence-electron chi connectivity index (χ0n) is 11.4. The van der Waals surface area contributed by atoms with Gasteiger partial charge in [0.05, 0.1) is 18.7 Å². The molecule has 0 spiro atoms. The van der Waals surface area contributed by atoms with Crippen LogP contribution in [0, 0.1) is 0 Å². The second-order valence-corrected chi connectivity index (χ2v) is 4.59. The molecule has 0 amide bonds. The van der Waals surface area contributed by atoms with Crippen LogP contribution < -0.4 is 15.0 Å². The minimum absolute atomic E-state index is 0.0184. The molecule has 1 aromatic heterocycles. The predicted octanol–water partition coefficient (Wildman–Crippen LogP) is 2.04. The second-order valence-electron chi connectivity index (χ2n) is 4.59. The number of pyridine rings is 1. The van der Waals surface area contributed by atoms with Crippen LogP contribution in [0.25, 0.3) is 10.9 Å². The van der Waals surface area contributed by atoms with Crippen LogP contribution in [0.1, 0.15) is 13.8 Å². The van der Waals surface area contributed by atoms with E-state index in [1.165, 1.54) is 4.57 Å². The molecule has 1 heterocycles. The van der Waals surface area contributed by atoms with E-state index in [0.29, 0.717) is 16.7 Å². The van der Waals surface area contributed by atoms with Crippen molar-refractivity contribution in [3.63, 3.8) is 0 Å². The highest BCUT2D eigenvalue weighted by Gasteiger charge is 2.17. The summed E-state index contributed by atoms with van der Waals surface area (Å²) in [6.45, 7) is 3.61. The van der Waals surface area contributed by atoms with Crippen LogP contribution in [0.15, 0.2) is 23.0 Å². The topological polar surface area (TPSA) is 60.7 Å². The van der Waals surface area contributed by atoms with Gasteiger partial charge < -0.3 is 19.1 Å². The summed E-state index contributed by atoms with van der Waals surface area (Å²) in [6, 6.07) is 5.14. The standard InChI is InChI=1S/C14H17NO4/c1-8(2)19-13-12(16)10-6-5-9(18-4)7-11(10)15(3)14(13)17/h5-8,16H,1-4H3. The number of hydrogen-bond acceptors (Lipinski definition) is 4. The van der Waals surface area contributed by atoms with Gasteiger partial charge in [0.1, 0.15) is 5.75 Å². The van der Waals surface area contributed by atoms with E-state index in [9.17, 15) is 9.90 Å². The van der Waals surface area contributed by atoms with E-state index in [1.807, 2.05) is 0 Å². The molecule has 0 saturated carbocycles. The van der Waals surface area contributed by atoms with Gasteiger partial charge in [-0.05, 0) is 26.0 Å². The van der Waals surface area contributed by atoms with E-state index >= 15 is 0 Å². The van der Waals surface area contributed by atoms with Crippen LogP contribution in [0.4, 0.5) is 0 Å². The summed E-state index contributed by atoms with van der Waals surface area (Å²) in [7, 11) is 3.19. The first-order valence-electron chi connectivity index (χ1n) is 6.02. The van der Waals surface area contributed by atoms with Gasteiger partial charge >= 0.3 is 0 Å². The molecule has 2 aromatic rings. The molecule has 0 fully saturated rings. The molecule has 5 heteroatoms. The summed E-state index contributed by atoms with van der Waals surface area (Å²) in [5, 5.41) is 10.7. The van der Waals surface area contributed by atoms with Gasteiger partial charge in [0.15, 0.2) is 5.75 Å². The van der Waals surface area contributed by atoms with Crippen molar-refractivity contribution in [2.24, 2.45) is 7.05 Å². The lowest BCUT2D eigenvalue weighted by atomic mass is 10.1. The van der Waals surface area contributed by atoms with Crippen molar-refractivity contribution in [2.45, 2.75) is 20.0 Å². The number of rotatable bonds is 3. The SMILES string of the molecule is COc1ccc2c(O)c(OC(C)C)c(=O)n(C)c2c1. The number of nitrogens with zero attached hydrogens (tertiary/aromatic N) is 1. The molecule has 0 aliphatic rings. The zero-order chi connectivity index (χ0) is 14.2. The number of benzene rings is 1. The molecule has 1 aromatic carbocycles. The Morgan fingerprint density at radius 3 is 2.58 bits per heavy atom. The summed E-state index contributed by atoms with van der Waals surface area (Å²) in [4.78, 5) is 12.2. The van der Waals surface area contributed by atoms with E-state index in [4.69, 9.17) is 9.47 Å². The summed E-state index contributed by atoms with van der Waals surface area (Å²) in [5.41, 5.74) is 0.227. The Hall–Kier alpha value is -2.17. The van der Waals surface area contributed by atoms with Crippen LogP contribution in [0.5, 0.6) is 17.2 Å². The number of fused-ring (bicyclic) bond motifs is 1. The van der Waals surface area contributed by atoms with Crippen molar-refractivity contribution in [2.75, 3.05) is 7.11 Å². The third-order valence-corrected chi connectivity index (χ3v) is 2.89. The van der Waals surface area contributed by atoms with E-state index in [2.05, 4.69) is 0 Å². The van der Waals surface area contributed by atoms with Gasteiger partial charge in [0.25, 0.3) is 5.56 Å². The van der Waals surface area contributed by atoms with Gasteiger partial charge in [-0.3, -0.25) is 4.79 Å². The maximum absolute atomic E-state index is 12.2. The number of aromatic hydroxyl groups is 1. The molecule has 0 unspecified atom stereocenters. The summed E-state index contributed by atoms with van der Waals surface area (Å²) in [5.74, 6) is 0.476. The van der Waals surface area contributed by atoms with Crippen LogP contribution in [-0.4, -0.2) is 22.9 Å². The van der Waals surface area contributed by atoms with Crippen molar-refractivity contribution in [3.05, 3.63) is 28.6 Å². The molecule has 0 saturated heterocycles. The minimum atomic E-state index is -0.369. The summed E-state index contributed by atoms with van der Waals surface area (Å²) < 4.78 is 12.0. The molecule has 0 radical (unpaired) electrons. The average molecular weight is 263 g/mol. The molecule has 0 aliphatic carbocycles. The van der Waals surface area contributed by atoms with Gasteiger partial charge in [0, 0.05) is 18.5 Å². The smallest absolute Gasteiger partial charge is 0.297 e. The predicted molar refractivity (Wildman–Crippen MR) is 73.2 cm³/mol. The van der Waals surface area contributed by atoms with E-state index < -0.39 is 0 Å². The number of aryl methyl sites for hydroxylation is 1. The summed E-state index contributed by atoms with van der Waals surface area (Å²) in [6.07, 6.45) is -0.186. The van der Waals surface area contributed by atoms with Crippen molar-refractivity contribution in [3.8, 4) is 17.2 Å². The Morgan fingerprint density at radius 2 is 2.00 bits per heavy atom. The average Bonchev–Trinajstić information content (AvgIpc) is 2.40. The Balaban J connectivity index is 2.79. The normalized spacial score (nSPS) is 11.0. The molecule has 0 aliphatic heterocycles. The quantitative estimate of drug-likeness (QED) is 0.920. The molecule has 5 nitrogen and oxygen atoms in total. The lowest BCUT2D eigenvalue weighted by Gasteiger charge is -2.15. The Bertz CT molecular complexity index is 673. The highest BCUT2D eigenvalue weighted by molar-refractivity contribution is 5.88. The van der Waals surface area contributed by atoms with Gasteiger partial charge in [-0.25, -0.2) is 0 Å². The first-order valence-corrected chi connectivity index (χ1v) is 6.02. The Labute approximate surface area is 111 Å². The summed E-state index contributed by atoms with van der Waals surface area (Å²) >= 11 is 0. The molecule has 2 rings (SSSR count). The first-order chi connectivity index (χ1) is 8.95. The number of methoxy groups -OCH3 is 1. The number of aromatic nitrogens is 1. The Kier molecular flexibility index (Phi) is 3.38. The monoisotopic (exact) mass is 263 g/mol. The fourth-order valence-electron chi connectivity index (χ4n) is 1.94. The molecular weight excluding hydrogens is 246 g/mol. The Morgan fingerprint density at radius 1 is 1.32 bits per heavy atom. The maximum Gasteiger partial charge on any atom is 0.297 e. The third-order valence-electron chi connectivity index (χ3n) is 2.89. The van der Waals surface area contributed by atoms with Crippen molar-refractivity contribution in [1.82, 2.24) is 4.57 Å². The van der Waals surface area contributed by atoms with Crippen molar-refractivity contribution in [1.29, 1.82) is 0 Å². The van der Waals surface area contributed by atoms with Gasteiger partial charge in [-0.15, -0.1) is 0 Å². The zero-order valence-corrected chi connectivity index (χ0v) is 11.4. The van der Waals surface area contributed by atoms with Crippen LogP contribution in [0.3, 0.4) is 0 Å². The van der Waals surface area contributed by atoms with Gasteiger partial charge in [-0.1, -0.05) is 0 Å². The first kappa shape index (κ1) is 13.3. The second kappa shape index (κ2) is 4.84. The van der Waals surface area contributed by atoms with E-state index in [-0.39, 0.29) is 23.2 Å². The van der Waals surface area contributed by atoms with Crippen molar-refractivity contribution < 1.29 is 14.6 Å². The van der Waals surface area contributed by atoms with Gasteiger partial charge in [0.2, 0.25) is 5.75 Å². The van der Waals surface area contributed by atoms with E-state index in [1.54, 1.807) is 46.2 Å². The molecular formula is C14H17NO4. The fraction of sp³-hybridized carbons (Fsp3) is 0.357. The van der Waals surface area contributed by atoms with Gasteiger partial charge in [-0.2, -0.15) is 0 Å². The lowest BCUT2D eigenvalue weighted by Crippen LogP contribution is -2.22.